The van der Waals surface area contributed by atoms with Crippen molar-refractivity contribution in [3.05, 3.63) is 24.3 Å². The molecule has 0 radical (unpaired) electrons. The lowest BCUT2D eigenvalue weighted by Gasteiger charge is -2.20. The number of hydrogen-bond acceptors (Lipinski definition) is 5. The minimum Gasteiger partial charge on any atom is -0.466 e. The summed E-state index contributed by atoms with van der Waals surface area (Å²) < 4.78 is 5.52. The van der Waals surface area contributed by atoms with E-state index in [0.717, 1.165) is 44.9 Å². The van der Waals surface area contributed by atoms with E-state index in [2.05, 4.69) is 31.3 Å². The highest BCUT2D eigenvalue weighted by atomic mass is 16.5. The van der Waals surface area contributed by atoms with Gasteiger partial charge in [-0.05, 0) is 57.8 Å². The Labute approximate surface area is 551 Å². The van der Waals surface area contributed by atoms with Crippen LogP contribution in [0, 0.1) is 0 Å². The van der Waals surface area contributed by atoms with Crippen LogP contribution >= 0.6 is 0 Å². The second-order valence-electron chi connectivity index (χ2n) is 28.1. The van der Waals surface area contributed by atoms with Crippen molar-refractivity contribution < 1.29 is 24.5 Å². The third kappa shape index (κ3) is 73.4. The number of carbonyl (C=O) groups is 2. The molecule has 0 aromatic heterocycles. The number of amides is 1. The first-order chi connectivity index (χ1) is 43.5. The van der Waals surface area contributed by atoms with Crippen LogP contribution in [-0.2, 0) is 14.3 Å². The predicted octanol–water partition coefficient (Wildman–Crippen LogP) is 26.8. The van der Waals surface area contributed by atoms with Gasteiger partial charge in [-0.25, -0.2) is 0 Å². The van der Waals surface area contributed by atoms with Gasteiger partial charge in [0.05, 0.1) is 25.4 Å². The molecule has 2 atom stereocenters. The Morgan fingerprint density at radius 2 is 0.534 bits per heavy atom. The first-order valence-corrected chi connectivity index (χ1v) is 40.6. The summed E-state index contributed by atoms with van der Waals surface area (Å²) >= 11 is 0. The van der Waals surface area contributed by atoms with Crippen LogP contribution < -0.4 is 5.32 Å². The summed E-state index contributed by atoms with van der Waals surface area (Å²) in [7, 11) is 0. The number of carbonyl (C=O) groups excluding carboxylic acids is 2. The number of nitrogens with one attached hydrogen (secondary N) is 1. The molecule has 0 saturated carbocycles. The zero-order chi connectivity index (χ0) is 63.5. The minimum absolute atomic E-state index is 0.0191. The molecule has 0 aromatic carbocycles. The number of hydrogen-bond donors (Lipinski definition) is 3. The van der Waals surface area contributed by atoms with Gasteiger partial charge in [0.15, 0.2) is 0 Å². The SMILES string of the molecule is CCCCCCCCC/C=C\CCCCCCCCCC(=O)OCCCCCCCCCCCCCCCCCCCCCCCCCCCCCCCCCCC(=O)NC(CO)C(O)/C=C/CCCCCCCCCCCCCCCCCCCCC. The molecule has 0 fully saturated rings. The number of ether oxygens (including phenoxy) is 1. The van der Waals surface area contributed by atoms with Crippen LogP contribution in [0.15, 0.2) is 24.3 Å². The minimum atomic E-state index is -0.842. The first kappa shape index (κ1) is 86.3. The molecular formula is C82H159NO5. The monoisotopic (exact) mass is 1240 g/mol. The van der Waals surface area contributed by atoms with Crippen LogP contribution in [0.2, 0.25) is 0 Å². The second-order valence-corrected chi connectivity index (χ2v) is 28.1. The van der Waals surface area contributed by atoms with Gasteiger partial charge < -0.3 is 20.3 Å². The summed E-state index contributed by atoms with van der Waals surface area (Å²) in [5.41, 5.74) is 0. The van der Waals surface area contributed by atoms with Gasteiger partial charge in [-0.2, -0.15) is 0 Å². The quantitative estimate of drug-likeness (QED) is 0.0320. The summed E-state index contributed by atoms with van der Waals surface area (Å²) in [6, 6.07) is -0.625. The van der Waals surface area contributed by atoms with Gasteiger partial charge in [-0.1, -0.05) is 417 Å². The van der Waals surface area contributed by atoms with Gasteiger partial charge in [-0.3, -0.25) is 9.59 Å². The van der Waals surface area contributed by atoms with Gasteiger partial charge in [0, 0.05) is 12.8 Å². The van der Waals surface area contributed by atoms with E-state index in [0.29, 0.717) is 19.4 Å². The molecule has 3 N–H and O–H groups in total. The Morgan fingerprint density at radius 3 is 0.807 bits per heavy atom. The number of aliphatic hydroxyl groups is 2. The van der Waals surface area contributed by atoms with E-state index in [4.69, 9.17) is 4.74 Å². The number of unbranched alkanes of at least 4 members (excludes halogenated alkanes) is 64. The van der Waals surface area contributed by atoms with E-state index in [9.17, 15) is 19.8 Å². The molecule has 522 valence electrons. The number of aliphatic hydroxyl groups excluding tert-OH is 2. The standard InChI is InChI=1S/C82H159NO5/c1-3-5-7-9-11-13-15-17-19-21-23-36-39-42-46-50-54-58-62-66-70-74-80(85)79(78-84)83-81(86)75-71-67-63-59-55-51-47-43-40-37-34-32-30-28-26-24-25-27-29-31-33-35-38-41-45-49-53-57-61-65-69-73-77-88-82(87)76-72-68-64-60-56-52-48-44-22-20-18-16-14-12-10-8-6-4-2/h20,22,70,74,79-80,84-85H,3-19,21,23-69,71-73,75-78H2,1-2H3,(H,83,86)/b22-20-,74-70+. The van der Waals surface area contributed by atoms with Crippen LogP contribution in [0.4, 0.5) is 0 Å². The average Bonchev–Trinajstić information content (AvgIpc) is 3.55. The average molecular weight is 1240 g/mol. The Hall–Kier alpha value is -1.66. The zero-order valence-corrected chi connectivity index (χ0v) is 60.0. The van der Waals surface area contributed by atoms with Gasteiger partial charge in [0.25, 0.3) is 0 Å². The first-order valence-electron chi connectivity index (χ1n) is 40.6. The van der Waals surface area contributed by atoms with Crippen molar-refractivity contribution in [3.63, 3.8) is 0 Å². The summed E-state index contributed by atoms with van der Waals surface area (Å²) in [5.74, 6) is -0.0393. The molecular weight excluding hydrogens is 1080 g/mol. The van der Waals surface area contributed by atoms with Crippen LogP contribution in [0.25, 0.3) is 0 Å². The van der Waals surface area contributed by atoms with E-state index >= 15 is 0 Å². The lowest BCUT2D eigenvalue weighted by molar-refractivity contribution is -0.143. The zero-order valence-electron chi connectivity index (χ0n) is 60.0. The Kier molecular flexibility index (Phi) is 76.3. The third-order valence-corrected chi connectivity index (χ3v) is 19.2. The summed E-state index contributed by atoms with van der Waals surface area (Å²) in [4.78, 5) is 24.7. The molecule has 1 amide bonds. The normalized spacial score (nSPS) is 12.5. The van der Waals surface area contributed by atoms with Crippen molar-refractivity contribution in [2.75, 3.05) is 13.2 Å². The van der Waals surface area contributed by atoms with Crippen molar-refractivity contribution in [2.24, 2.45) is 0 Å². The maximum atomic E-state index is 12.5. The van der Waals surface area contributed by atoms with Gasteiger partial charge >= 0.3 is 5.97 Å². The largest absolute Gasteiger partial charge is 0.466 e. The van der Waals surface area contributed by atoms with E-state index < -0.39 is 12.1 Å². The molecule has 0 spiro atoms. The van der Waals surface area contributed by atoms with Crippen LogP contribution in [0.3, 0.4) is 0 Å². The van der Waals surface area contributed by atoms with Crippen LogP contribution in [-0.4, -0.2) is 47.4 Å². The van der Waals surface area contributed by atoms with Crippen molar-refractivity contribution in [1.29, 1.82) is 0 Å². The molecule has 0 aliphatic rings. The van der Waals surface area contributed by atoms with E-state index in [-0.39, 0.29) is 18.5 Å². The van der Waals surface area contributed by atoms with Crippen molar-refractivity contribution in [2.45, 2.75) is 475 Å². The van der Waals surface area contributed by atoms with E-state index in [1.807, 2.05) is 6.08 Å². The maximum Gasteiger partial charge on any atom is 0.305 e. The lowest BCUT2D eigenvalue weighted by Crippen LogP contribution is -2.45. The molecule has 0 heterocycles. The van der Waals surface area contributed by atoms with Crippen molar-refractivity contribution >= 4 is 11.9 Å². The summed E-state index contributed by atoms with van der Waals surface area (Å²) in [6.07, 6.45) is 100. The fourth-order valence-electron chi connectivity index (χ4n) is 13.0. The molecule has 0 rings (SSSR count). The molecule has 0 aliphatic heterocycles. The number of rotatable bonds is 77. The van der Waals surface area contributed by atoms with Crippen LogP contribution in [0.1, 0.15) is 463 Å². The highest BCUT2D eigenvalue weighted by Gasteiger charge is 2.18. The Morgan fingerprint density at radius 1 is 0.307 bits per heavy atom. The van der Waals surface area contributed by atoms with Crippen LogP contribution in [0.5, 0.6) is 0 Å². The molecule has 2 unspecified atom stereocenters. The van der Waals surface area contributed by atoms with E-state index in [1.54, 1.807) is 6.08 Å². The third-order valence-electron chi connectivity index (χ3n) is 19.2. The molecule has 6 nitrogen and oxygen atoms in total. The van der Waals surface area contributed by atoms with Gasteiger partial charge in [0.2, 0.25) is 5.91 Å². The number of allylic oxidation sites excluding steroid dienone is 3. The maximum absolute atomic E-state index is 12.5. The Bertz CT molecular complexity index is 1380. The fourth-order valence-corrected chi connectivity index (χ4v) is 13.0. The Balaban J connectivity index is 3.34. The molecule has 88 heavy (non-hydrogen) atoms. The summed E-state index contributed by atoms with van der Waals surface area (Å²) in [5, 5.41) is 23.3. The number of esters is 1. The molecule has 0 saturated heterocycles. The highest BCUT2D eigenvalue weighted by Crippen LogP contribution is 2.20. The molecule has 0 bridgehead atoms. The smallest absolute Gasteiger partial charge is 0.305 e. The summed E-state index contributed by atoms with van der Waals surface area (Å²) in [6.45, 7) is 4.96. The lowest BCUT2D eigenvalue weighted by atomic mass is 10.0. The molecule has 0 aromatic rings. The molecule has 0 aliphatic carbocycles. The second kappa shape index (κ2) is 77.8. The predicted molar refractivity (Wildman–Crippen MR) is 389 cm³/mol. The van der Waals surface area contributed by atoms with E-state index in [1.165, 1.54) is 392 Å². The van der Waals surface area contributed by atoms with Gasteiger partial charge in [0.1, 0.15) is 0 Å². The van der Waals surface area contributed by atoms with Gasteiger partial charge in [-0.15, -0.1) is 0 Å². The molecule has 6 heteroatoms. The van der Waals surface area contributed by atoms with Crippen molar-refractivity contribution in [1.82, 2.24) is 5.32 Å². The highest BCUT2D eigenvalue weighted by molar-refractivity contribution is 5.76. The van der Waals surface area contributed by atoms with Crippen molar-refractivity contribution in [3.8, 4) is 0 Å². The topological polar surface area (TPSA) is 95.9 Å². The fraction of sp³-hybridized carbons (Fsp3) is 0.927.